The monoisotopic (exact) mass is 516 g/mol. The molecule has 0 amide bonds. The second kappa shape index (κ2) is 7.16. The largest absolute Gasteiger partial charge is 0.478 e. The van der Waals surface area contributed by atoms with Gasteiger partial charge in [0.1, 0.15) is 0 Å². The van der Waals surface area contributed by atoms with Gasteiger partial charge < -0.3 is 15.0 Å². The van der Waals surface area contributed by atoms with Gasteiger partial charge in [-0.25, -0.2) is 4.79 Å². The van der Waals surface area contributed by atoms with Crippen LogP contribution in [0.15, 0.2) is 59.3 Å². The van der Waals surface area contributed by atoms with E-state index >= 15 is 0 Å². The Hall–Kier alpha value is -1.51. The van der Waals surface area contributed by atoms with Crippen molar-refractivity contribution in [3.8, 4) is 5.69 Å². The number of anilines is 2. The number of nitrogens with one attached hydrogen (secondary N) is 1. The summed E-state index contributed by atoms with van der Waals surface area (Å²) in [7, 11) is 0. The maximum absolute atomic E-state index is 11.6. The zero-order chi connectivity index (χ0) is 17.3. The quantitative estimate of drug-likeness (QED) is 0.421. The van der Waals surface area contributed by atoms with Crippen LogP contribution in [-0.4, -0.2) is 15.6 Å². The van der Waals surface area contributed by atoms with Crippen molar-refractivity contribution in [2.75, 3.05) is 5.32 Å². The number of carboxylic acids is 1. The molecule has 4 nitrogen and oxygen atoms in total. The molecule has 0 unspecified atom stereocenters. The average molecular weight is 518 g/mol. The second-order valence-corrected chi connectivity index (χ2v) is 7.50. The Kier molecular flexibility index (Phi) is 5.17. The van der Waals surface area contributed by atoms with Gasteiger partial charge >= 0.3 is 5.97 Å². The molecule has 0 saturated carbocycles. The highest BCUT2D eigenvalue weighted by molar-refractivity contribution is 14.1. The third-order valence-electron chi connectivity index (χ3n) is 3.40. The van der Waals surface area contributed by atoms with Crippen LogP contribution in [0.5, 0.6) is 0 Å². The molecule has 0 radical (unpaired) electrons. The molecular weight excluding hydrogens is 506 g/mol. The molecule has 24 heavy (non-hydrogen) atoms. The van der Waals surface area contributed by atoms with Crippen molar-refractivity contribution >= 4 is 67.5 Å². The zero-order valence-corrected chi connectivity index (χ0v) is 16.6. The Morgan fingerprint density at radius 3 is 2.50 bits per heavy atom. The minimum Gasteiger partial charge on any atom is -0.478 e. The van der Waals surface area contributed by atoms with Gasteiger partial charge in [0, 0.05) is 20.4 Å². The lowest BCUT2D eigenvalue weighted by molar-refractivity contribution is 0.0698. The Labute approximate surface area is 165 Å². The summed E-state index contributed by atoms with van der Waals surface area (Å²) < 4.78 is 3.59. The summed E-state index contributed by atoms with van der Waals surface area (Å²) >= 11 is 11.9. The van der Waals surface area contributed by atoms with Crippen LogP contribution >= 0.6 is 50.1 Å². The Morgan fingerprint density at radius 1 is 1.17 bits per heavy atom. The van der Waals surface area contributed by atoms with Crippen molar-refractivity contribution in [3.63, 3.8) is 0 Å². The van der Waals surface area contributed by atoms with Gasteiger partial charge in [-0.05, 0) is 81.0 Å². The fourth-order valence-corrected chi connectivity index (χ4v) is 3.72. The first kappa shape index (κ1) is 17.3. The molecule has 0 aliphatic rings. The minimum atomic E-state index is -1.01. The fraction of sp³-hybridized carbons (Fsp3) is 0. The van der Waals surface area contributed by atoms with Gasteiger partial charge in [0.15, 0.2) is 0 Å². The Morgan fingerprint density at radius 2 is 1.88 bits per heavy atom. The van der Waals surface area contributed by atoms with Crippen LogP contribution in [0.25, 0.3) is 5.69 Å². The highest BCUT2D eigenvalue weighted by Crippen LogP contribution is 2.33. The van der Waals surface area contributed by atoms with Crippen molar-refractivity contribution in [3.05, 3.63) is 73.5 Å². The van der Waals surface area contributed by atoms with Crippen LogP contribution in [0.4, 0.5) is 11.4 Å². The average Bonchev–Trinajstić information content (AvgIpc) is 3.05. The standard InChI is InChI=1S/C17H11BrClIN2O2/c18-12-8-11(17(23)24)15(9-16(12)22-5-1-2-6-22)21-14-4-3-10(20)7-13(14)19/h1-9,21H,(H,23,24). The smallest absolute Gasteiger partial charge is 0.337 e. The molecule has 0 bridgehead atoms. The number of hydrogen-bond donors (Lipinski definition) is 2. The van der Waals surface area contributed by atoms with E-state index in [-0.39, 0.29) is 5.56 Å². The Balaban J connectivity index is 2.10. The van der Waals surface area contributed by atoms with Gasteiger partial charge in [-0.2, -0.15) is 0 Å². The highest BCUT2D eigenvalue weighted by Gasteiger charge is 2.16. The van der Waals surface area contributed by atoms with E-state index < -0.39 is 5.97 Å². The van der Waals surface area contributed by atoms with Crippen molar-refractivity contribution < 1.29 is 9.90 Å². The first-order chi connectivity index (χ1) is 11.5. The number of benzene rings is 2. The number of carbonyl (C=O) groups is 1. The van der Waals surface area contributed by atoms with Crippen LogP contribution in [0.2, 0.25) is 5.02 Å². The third kappa shape index (κ3) is 3.60. The lowest BCUT2D eigenvalue weighted by atomic mass is 10.1. The number of halogens is 3. The number of carboxylic acid groups (broad SMARTS) is 1. The summed E-state index contributed by atoms with van der Waals surface area (Å²) in [4.78, 5) is 11.6. The molecule has 2 aromatic carbocycles. The summed E-state index contributed by atoms with van der Waals surface area (Å²) in [6, 6.07) is 12.7. The van der Waals surface area contributed by atoms with Crippen LogP contribution in [0, 0.1) is 3.57 Å². The molecule has 0 saturated heterocycles. The summed E-state index contributed by atoms with van der Waals surface area (Å²) in [6.45, 7) is 0. The minimum absolute atomic E-state index is 0.160. The number of hydrogen-bond acceptors (Lipinski definition) is 2. The second-order valence-electron chi connectivity index (χ2n) is 4.99. The number of nitrogens with zero attached hydrogens (tertiary/aromatic N) is 1. The van der Waals surface area contributed by atoms with Gasteiger partial charge in [-0.1, -0.05) is 11.6 Å². The van der Waals surface area contributed by atoms with Gasteiger partial charge in [0.05, 0.1) is 27.6 Å². The fourth-order valence-electron chi connectivity index (χ4n) is 2.27. The van der Waals surface area contributed by atoms with Crippen molar-refractivity contribution in [1.82, 2.24) is 4.57 Å². The van der Waals surface area contributed by atoms with Crippen molar-refractivity contribution in [2.45, 2.75) is 0 Å². The SMILES string of the molecule is O=C(O)c1cc(Br)c(-n2cccc2)cc1Nc1ccc(I)cc1Cl. The van der Waals surface area contributed by atoms with E-state index in [4.69, 9.17) is 11.6 Å². The molecule has 3 aromatic rings. The van der Waals surface area contributed by atoms with Crippen LogP contribution in [0.1, 0.15) is 10.4 Å². The van der Waals surface area contributed by atoms with E-state index in [0.717, 1.165) is 9.26 Å². The van der Waals surface area contributed by atoms with Gasteiger partial charge in [0.25, 0.3) is 0 Å². The first-order valence-electron chi connectivity index (χ1n) is 6.88. The van der Waals surface area contributed by atoms with E-state index in [1.54, 1.807) is 12.1 Å². The molecule has 3 rings (SSSR count). The molecule has 7 heteroatoms. The number of rotatable bonds is 4. The molecule has 0 aliphatic carbocycles. The third-order valence-corrected chi connectivity index (χ3v) is 5.02. The normalized spacial score (nSPS) is 10.6. The molecule has 1 heterocycles. The van der Waals surface area contributed by atoms with Crippen LogP contribution in [-0.2, 0) is 0 Å². The van der Waals surface area contributed by atoms with Gasteiger partial charge in [-0.3, -0.25) is 0 Å². The molecular formula is C17H11BrClIN2O2. The lowest BCUT2D eigenvalue weighted by Crippen LogP contribution is -2.05. The van der Waals surface area contributed by atoms with Crippen LogP contribution in [0.3, 0.4) is 0 Å². The Bertz CT molecular complexity index is 913. The molecule has 0 aliphatic heterocycles. The topological polar surface area (TPSA) is 54.3 Å². The predicted molar refractivity (Wildman–Crippen MR) is 108 cm³/mol. The molecule has 1 aromatic heterocycles. The van der Waals surface area contributed by atoms with E-state index in [1.165, 1.54) is 0 Å². The summed E-state index contributed by atoms with van der Waals surface area (Å²) in [5, 5.41) is 13.2. The van der Waals surface area contributed by atoms with Crippen molar-refractivity contribution in [2.24, 2.45) is 0 Å². The number of aromatic nitrogens is 1. The van der Waals surface area contributed by atoms with E-state index in [9.17, 15) is 9.90 Å². The maximum Gasteiger partial charge on any atom is 0.337 e. The van der Waals surface area contributed by atoms with Gasteiger partial charge in [-0.15, -0.1) is 0 Å². The molecule has 0 fully saturated rings. The predicted octanol–water partition coefficient (Wildman–Crippen LogP) is 5.94. The summed E-state index contributed by atoms with van der Waals surface area (Å²) in [5.41, 5.74) is 2.11. The molecule has 0 atom stereocenters. The maximum atomic E-state index is 11.6. The summed E-state index contributed by atoms with van der Waals surface area (Å²) in [5.74, 6) is -1.01. The van der Waals surface area contributed by atoms with Crippen molar-refractivity contribution in [1.29, 1.82) is 0 Å². The van der Waals surface area contributed by atoms with Crippen LogP contribution < -0.4 is 5.32 Å². The molecule has 122 valence electrons. The summed E-state index contributed by atoms with van der Waals surface area (Å²) in [6.07, 6.45) is 3.78. The first-order valence-corrected chi connectivity index (χ1v) is 9.13. The van der Waals surface area contributed by atoms with E-state index in [1.807, 2.05) is 47.3 Å². The van der Waals surface area contributed by atoms with E-state index in [2.05, 4.69) is 43.8 Å². The van der Waals surface area contributed by atoms with Gasteiger partial charge in [0.2, 0.25) is 0 Å². The van der Waals surface area contributed by atoms with E-state index in [0.29, 0.717) is 20.9 Å². The molecule has 0 spiro atoms. The molecule has 2 N–H and O–H groups in total. The number of aromatic carboxylic acids is 1. The zero-order valence-electron chi connectivity index (χ0n) is 12.1. The lowest BCUT2D eigenvalue weighted by Gasteiger charge is -2.15. The highest BCUT2D eigenvalue weighted by atomic mass is 127.